The Bertz CT molecular complexity index is 506. The lowest BCUT2D eigenvalue weighted by molar-refractivity contribution is 0.0999. The number of benzene rings is 1. The minimum absolute atomic E-state index is 0.218. The van der Waals surface area contributed by atoms with Crippen molar-refractivity contribution in [1.82, 2.24) is 10.2 Å². The van der Waals surface area contributed by atoms with Crippen molar-refractivity contribution in [2.75, 3.05) is 13.1 Å². The van der Waals surface area contributed by atoms with Gasteiger partial charge in [0.2, 0.25) is 5.91 Å². The number of rotatable bonds is 5. The number of carbonyl (C=O) groups is 1. The van der Waals surface area contributed by atoms with Crippen LogP contribution in [0.5, 0.6) is 0 Å². The third kappa shape index (κ3) is 3.80. The van der Waals surface area contributed by atoms with E-state index < -0.39 is 5.91 Å². The first-order valence-corrected chi connectivity index (χ1v) is 7.60. The molecule has 0 bridgehead atoms. The molecule has 1 heterocycles. The second kappa shape index (κ2) is 7.00. The lowest BCUT2D eigenvalue weighted by atomic mass is 10.0. The molecule has 116 valence electrons. The van der Waals surface area contributed by atoms with E-state index in [0.29, 0.717) is 24.2 Å². The summed E-state index contributed by atoms with van der Waals surface area (Å²) in [4.78, 5) is 13.4. The van der Waals surface area contributed by atoms with Crippen LogP contribution in [0.3, 0.4) is 0 Å². The second-order valence-corrected chi connectivity index (χ2v) is 5.68. The standard InChI is InChI=1S/C16H24FN3O/c1-3-13-10-20(14(4-2)8-19-13)9-12-6-5-11(16(18)21)7-15(12)17/h5-7,13-14,19H,3-4,8-10H2,1-2H3,(H2,18,21). The first-order chi connectivity index (χ1) is 10.0. The lowest BCUT2D eigenvalue weighted by Gasteiger charge is -2.40. The maximum Gasteiger partial charge on any atom is 0.248 e. The minimum atomic E-state index is -0.597. The SMILES string of the molecule is CCC1CN(Cc2ccc(C(N)=O)cc2F)C(CC)CN1. The van der Waals surface area contributed by atoms with Gasteiger partial charge in [-0.15, -0.1) is 0 Å². The number of carbonyl (C=O) groups excluding carboxylic acids is 1. The number of nitrogens with two attached hydrogens (primary N) is 1. The number of hydrogen-bond acceptors (Lipinski definition) is 3. The molecule has 1 amide bonds. The zero-order valence-corrected chi connectivity index (χ0v) is 12.7. The number of piperazine rings is 1. The van der Waals surface area contributed by atoms with Crippen molar-refractivity contribution >= 4 is 5.91 Å². The molecular formula is C16H24FN3O. The monoisotopic (exact) mass is 293 g/mol. The average Bonchev–Trinajstić information content (AvgIpc) is 2.49. The van der Waals surface area contributed by atoms with Crippen LogP contribution in [-0.2, 0) is 6.54 Å². The van der Waals surface area contributed by atoms with E-state index in [-0.39, 0.29) is 11.4 Å². The van der Waals surface area contributed by atoms with Crippen LogP contribution in [0.4, 0.5) is 4.39 Å². The van der Waals surface area contributed by atoms with Gasteiger partial charge in [-0.2, -0.15) is 0 Å². The first-order valence-electron chi connectivity index (χ1n) is 7.60. The van der Waals surface area contributed by atoms with Gasteiger partial charge in [0.25, 0.3) is 0 Å². The molecule has 1 aliphatic heterocycles. The van der Waals surface area contributed by atoms with Gasteiger partial charge < -0.3 is 11.1 Å². The molecule has 4 nitrogen and oxygen atoms in total. The van der Waals surface area contributed by atoms with Gasteiger partial charge in [-0.05, 0) is 25.0 Å². The molecule has 3 N–H and O–H groups in total. The predicted octanol–water partition coefficient (Wildman–Crippen LogP) is 1.89. The third-order valence-corrected chi connectivity index (χ3v) is 4.29. The lowest BCUT2D eigenvalue weighted by Crippen LogP contribution is -2.55. The Morgan fingerprint density at radius 2 is 2.19 bits per heavy atom. The van der Waals surface area contributed by atoms with Crippen molar-refractivity contribution < 1.29 is 9.18 Å². The Morgan fingerprint density at radius 3 is 2.76 bits per heavy atom. The minimum Gasteiger partial charge on any atom is -0.366 e. The van der Waals surface area contributed by atoms with Gasteiger partial charge in [0.05, 0.1) is 0 Å². The zero-order chi connectivity index (χ0) is 15.4. The molecule has 2 unspecified atom stereocenters. The fourth-order valence-electron chi connectivity index (χ4n) is 2.85. The van der Waals surface area contributed by atoms with Crippen LogP contribution in [0.2, 0.25) is 0 Å². The highest BCUT2D eigenvalue weighted by atomic mass is 19.1. The van der Waals surface area contributed by atoms with E-state index in [2.05, 4.69) is 24.1 Å². The highest BCUT2D eigenvalue weighted by Gasteiger charge is 2.26. The van der Waals surface area contributed by atoms with Gasteiger partial charge in [0, 0.05) is 42.8 Å². The van der Waals surface area contributed by atoms with Crippen LogP contribution in [0.25, 0.3) is 0 Å². The third-order valence-electron chi connectivity index (χ3n) is 4.29. The second-order valence-electron chi connectivity index (χ2n) is 5.68. The van der Waals surface area contributed by atoms with Crippen molar-refractivity contribution in [2.24, 2.45) is 5.73 Å². The molecule has 1 aromatic carbocycles. The molecule has 21 heavy (non-hydrogen) atoms. The average molecular weight is 293 g/mol. The van der Waals surface area contributed by atoms with Crippen LogP contribution in [0.1, 0.15) is 42.6 Å². The number of hydrogen-bond donors (Lipinski definition) is 2. The number of amides is 1. The molecule has 0 aliphatic carbocycles. The Hall–Kier alpha value is -1.46. The van der Waals surface area contributed by atoms with Gasteiger partial charge in [0.1, 0.15) is 5.82 Å². The van der Waals surface area contributed by atoms with Crippen molar-refractivity contribution in [3.63, 3.8) is 0 Å². The van der Waals surface area contributed by atoms with Crippen LogP contribution in [0.15, 0.2) is 18.2 Å². The van der Waals surface area contributed by atoms with Crippen molar-refractivity contribution in [2.45, 2.75) is 45.3 Å². The Morgan fingerprint density at radius 1 is 1.43 bits per heavy atom. The van der Waals surface area contributed by atoms with Gasteiger partial charge in [-0.1, -0.05) is 19.9 Å². The van der Waals surface area contributed by atoms with E-state index in [1.807, 2.05) is 0 Å². The molecule has 2 atom stereocenters. The fourth-order valence-corrected chi connectivity index (χ4v) is 2.85. The topological polar surface area (TPSA) is 58.4 Å². The van der Waals surface area contributed by atoms with Gasteiger partial charge in [-0.25, -0.2) is 4.39 Å². The largest absolute Gasteiger partial charge is 0.366 e. The van der Waals surface area contributed by atoms with E-state index in [4.69, 9.17) is 5.73 Å². The van der Waals surface area contributed by atoms with Crippen molar-refractivity contribution in [3.8, 4) is 0 Å². The molecular weight excluding hydrogens is 269 g/mol. The summed E-state index contributed by atoms with van der Waals surface area (Å²) in [5, 5.41) is 3.53. The summed E-state index contributed by atoms with van der Waals surface area (Å²) >= 11 is 0. The number of halogens is 1. The molecule has 1 aliphatic rings. The normalized spacial score (nSPS) is 23.2. The summed E-state index contributed by atoms with van der Waals surface area (Å²) in [6.07, 6.45) is 2.10. The summed E-state index contributed by atoms with van der Waals surface area (Å²) in [6.45, 7) is 6.74. The van der Waals surface area contributed by atoms with Gasteiger partial charge in [-0.3, -0.25) is 9.69 Å². The molecule has 0 aromatic heterocycles. The number of nitrogens with zero attached hydrogens (tertiary/aromatic N) is 1. The van der Waals surface area contributed by atoms with Crippen LogP contribution in [-0.4, -0.2) is 36.0 Å². The molecule has 5 heteroatoms. The number of primary amides is 1. The summed E-state index contributed by atoms with van der Waals surface area (Å²) < 4.78 is 14.1. The first kappa shape index (κ1) is 15.9. The van der Waals surface area contributed by atoms with E-state index in [1.54, 1.807) is 12.1 Å². The zero-order valence-electron chi connectivity index (χ0n) is 12.7. The van der Waals surface area contributed by atoms with Crippen LogP contribution < -0.4 is 11.1 Å². The molecule has 2 rings (SSSR count). The Kier molecular flexibility index (Phi) is 5.31. The summed E-state index contributed by atoms with van der Waals surface area (Å²) in [7, 11) is 0. The van der Waals surface area contributed by atoms with E-state index in [1.165, 1.54) is 6.07 Å². The molecule has 0 radical (unpaired) electrons. The fraction of sp³-hybridized carbons (Fsp3) is 0.562. The molecule has 1 saturated heterocycles. The quantitative estimate of drug-likeness (QED) is 0.871. The molecule has 1 fully saturated rings. The maximum atomic E-state index is 14.1. The maximum absolute atomic E-state index is 14.1. The van der Waals surface area contributed by atoms with Crippen LogP contribution >= 0.6 is 0 Å². The van der Waals surface area contributed by atoms with Crippen molar-refractivity contribution in [1.29, 1.82) is 0 Å². The van der Waals surface area contributed by atoms with E-state index >= 15 is 0 Å². The van der Waals surface area contributed by atoms with E-state index in [9.17, 15) is 9.18 Å². The van der Waals surface area contributed by atoms with Crippen LogP contribution in [0, 0.1) is 5.82 Å². The summed E-state index contributed by atoms with van der Waals surface area (Å²) in [5.74, 6) is -0.951. The molecule has 1 aromatic rings. The molecule has 0 saturated carbocycles. The predicted molar refractivity (Wildman–Crippen MR) is 81.5 cm³/mol. The Balaban J connectivity index is 2.13. The molecule has 0 spiro atoms. The summed E-state index contributed by atoms with van der Waals surface area (Å²) in [6, 6.07) is 5.38. The van der Waals surface area contributed by atoms with Gasteiger partial charge >= 0.3 is 0 Å². The van der Waals surface area contributed by atoms with Gasteiger partial charge in [0.15, 0.2) is 0 Å². The van der Waals surface area contributed by atoms with Crippen molar-refractivity contribution in [3.05, 3.63) is 35.1 Å². The summed E-state index contributed by atoms with van der Waals surface area (Å²) in [5.41, 5.74) is 6.01. The smallest absolute Gasteiger partial charge is 0.248 e. The Labute approximate surface area is 125 Å². The highest BCUT2D eigenvalue weighted by molar-refractivity contribution is 5.92. The number of nitrogens with one attached hydrogen (secondary N) is 1. The van der Waals surface area contributed by atoms with E-state index in [0.717, 1.165) is 25.9 Å². The highest BCUT2D eigenvalue weighted by Crippen LogP contribution is 2.18.